The van der Waals surface area contributed by atoms with Crippen molar-refractivity contribution in [3.05, 3.63) is 492 Å². The van der Waals surface area contributed by atoms with E-state index in [1.165, 1.54) is 270 Å². The van der Waals surface area contributed by atoms with Gasteiger partial charge in [0.05, 0.1) is 95.7 Å². The largest absolute Gasteiger partial charge is 0.309 e. The van der Waals surface area contributed by atoms with Crippen molar-refractivity contribution in [2.75, 3.05) is 0 Å². The van der Waals surface area contributed by atoms with E-state index < -0.39 is 0 Å². The number of benzene rings is 21. The molecule has 9 aromatic heterocycles. The second kappa shape index (κ2) is 31.1. The summed E-state index contributed by atoms with van der Waals surface area (Å²) in [5.74, 6) is 0. The first kappa shape index (κ1) is 79.7. The summed E-state index contributed by atoms with van der Waals surface area (Å²) in [4.78, 5) is 13.7. The van der Waals surface area contributed by atoms with E-state index in [4.69, 9.17) is 0 Å². The number of rotatable bonds is 9. The van der Waals surface area contributed by atoms with Crippen LogP contribution in [0.1, 0.15) is 0 Å². The summed E-state index contributed by atoms with van der Waals surface area (Å²) in [6, 6.07) is 166. The van der Waals surface area contributed by atoms with E-state index in [1.807, 2.05) is 37.2 Å². The van der Waals surface area contributed by atoms with Gasteiger partial charge >= 0.3 is 0 Å². The van der Waals surface area contributed by atoms with Crippen LogP contribution in [0.5, 0.6) is 0 Å². The monoisotopic (exact) mass is 1830 g/mol. The fraction of sp³-hybridized carbons (Fsp3) is 0. The Morgan fingerprint density at radius 3 is 0.688 bits per heavy atom. The van der Waals surface area contributed by atoms with Crippen LogP contribution in [0.25, 0.3) is 297 Å². The second-order valence-electron chi connectivity index (χ2n) is 38.4. The third-order valence-electron chi connectivity index (χ3n) is 31.1. The molecule has 0 radical (unpaired) electrons. The van der Waals surface area contributed by atoms with Crippen LogP contribution >= 0.6 is 0 Å². The Balaban J connectivity index is 0.0000000986. The Morgan fingerprint density at radius 1 is 0.125 bits per heavy atom. The molecule has 666 valence electrons. The van der Waals surface area contributed by atoms with E-state index in [0.29, 0.717) is 0 Å². The standard InChI is InChI=1S/3C45H27N3/c1-2-9-30(10-3-1)47-42-20-17-28(26-39(42)34-23-24-46-27-44(34)47)29-18-21-43-38(25-29)33-13-6-7-16-40(33)48(43)41-22-19-36-32-12-5-4-11-31(32)35-14-8-15-37(41)45(35)36;1-2-9-30(10-3-1)47-40-16-7-6-13-33(40)38-25-28(17-20-42(38)47)29-18-21-43-39(26-29)34-23-24-46-27-44(34)48(43)41-22-19-36-32-12-5-4-11-31(32)35-14-8-15-37(41)45(35)36;1-2-9-30(10-3-1)47-40-16-7-6-13-33(40)37-25-28(17-20-42(37)47)29-18-21-43-38(26-29)39-27-46-24-23-44(39)48(43)41-22-19-35-32-12-5-4-11-31(32)34-14-8-15-36(41)45(34)35/h3*1-27H. The van der Waals surface area contributed by atoms with Gasteiger partial charge in [-0.3, -0.25) is 15.0 Å². The summed E-state index contributed by atoms with van der Waals surface area (Å²) in [5, 5.41) is 22.6. The van der Waals surface area contributed by atoms with Gasteiger partial charge in [-0.15, -0.1) is 0 Å². The minimum absolute atomic E-state index is 1.11. The first-order chi connectivity index (χ1) is 71.5. The maximum Gasteiger partial charge on any atom is 0.0724 e. The average Bonchev–Trinajstić information content (AvgIpc) is 1.56. The van der Waals surface area contributed by atoms with Crippen molar-refractivity contribution in [3.8, 4) is 134 Å². The predicted molar refractivity (Wildman–Crippen MR) is 601 cm³/mol. The quantitative estimate of drug-likeness (QED) is 0.145. The summed E-state index contributed by atoms with van der Waals surface area (Å²) in [6.45, 7) is 0. The lowest BCUT2D eigenvalue weighted by Crippen LogP contribution is -1.96. The first-order valence-corrected chi connectivity index (χ1v) is 49.4. The summed E-state index contributed by atoms with van der Waals surface area (Å²) in [6.07, 6.45) is 11.7. The third-order valence-corrected chi connectivity index (χ3v) is 31.1. The Hall–Kier alpha value is -19.4. The van der Waals surface area contributed by atoms with Gasteiger partial charge < -0.3 is 27.4 Å². The van der Waals surface area contributed by atoms with Crippen LogP contribution in [0.4, 0.5) is 0 Å². The van der Waals surface area contributed by atoms with Crippen molar-refractivity contribution in [1.29, 1.82) is 0 Å². The van der Waals surface area contributed by atoms with Crippen molar-refractivity contribution < 1.29 is 0 Å². The molecule has 0 atom stereocenters. The van der Waals surface area contributed by atoms with Gasteiger partial charge in [0.25, 0.3) is 0 Å². The van der Waals surface area contributed by atoms with Gasteiger partial charge in [-0.1, -0.05) is 291 Å². The smallest absolute Gasteiger partial charge is 0.0724 e. The van der Waals surface area contributed by atoms with E-state index in [1.54, 1.807) is 0 Å². The predicted octanol–water partition coefficient (Wildman–Crippen LogP) is 35.2. The molecule has 3 aliphatic rings. The highest BCUT2D eigenvalue weighted by atomic mass is 15.0. The number of hydrogen-bond donors (Lipinski definition) is 0. The van der Waals surface area contributed by atoms with E-state index in [0.717, 1.165) is 27.6 Å². The normalized spacial score (nSPS) is 12.2. The minimum Gasteiger partial charge on any atom is -0.309 e. The van der Waals surface area contributed by atoms with Gasteiger partial charge in [0.15, 0.2) is 0 Å². The first-order valence-electron chi connectivity index (χ1n) is 49.4. The van der Waals surface area contributed by atoms with Crippen molar-refractivity contribution in [1.82, 2.24) is 42.4 Å². The van der Waals surface area contributed by atoms with Crippen LogP contribution in [0.15, 0.2) is 492 Å². The fourth-order valence-electron chi connectivity index (χ4n) is 24.9. The highest BCUT2D eigenvalue weighted by Gasteiger charge is 2.30. The lowest BCUT2D eigenvalue weighted by molar-refractivity contribution is 1.17. The molecule has 0 fully saturated rings. The maximum absolute atomic E-state index is 4.60. The zero-order valence-electron chi connectivity index (χ0n) is 77.8. The molecule has 9 heterocycles. The number of nitrogens with zero attached hydrogens (tertiary/aromatic N) is 9. The summed E-state index contributed by atoms with van der Waals surface area (Å²) >= 11 is 0. The molecule has 33 rings (SSSR count). The van der Waals surface area contributed by atoms with Crippen LogP contribution in [0, 0.1) is 0 Å². The molecule has 0 spiro atoms. The molecule has 21 aromatic carbocycles. The van der Waals surface area contributed by atoms with Gasteiger partial charge in [0, 0.05) is 123 Å². The molecular weight excluding hydrogens is 1750 g/mol. The molecule has 0 saturated heterocycles. The summed E-state index contributed by atoms with van der Waals surface area (Å²) in [5.41, 5.74) is 44.3. The van der Waals surface area contributed by atoms with Crippen LogP contribution in [0.2, 0.25) is 0 Å². The molecule has 0 N–H and O–H groups in total. The molecule has 3 aliphatic carbocycles. The molecule has 0 saturated carbocycles. The molecule has 144 heavy (non-hydrogen) atoms. The van der Waals surface area contributed by atoms with Crippen molar-refractivity contribution in [2.45, 2.75) is 0 Å². The van der Waals surface area contributed by atoms with Gasteiger partial charge in [-0.25, -0.2) is 0 Å². The van der Waals surface area contributed by atoms with E-state index in [2.05, 4.69) is 497 Å². The molecule has 30 aromatic rings. The molecule has 0 bridgehead atoms. The summed E-state index contributed by atoms with van der Waals surface area (Å²) < 4.78 is 14.4. The van der Waals surface area contributed by atoms with Crippen LogP contribution in [-0.2, 0) is 0 Å². The average molecular weight is 1830 g/mol. The van der Waals surface area contributed by atoms with Crippen molar-refractivity contribution in [2.24, 2.45) is 0 Å². The molecule has 9 heteroatoms. The van der Waals surface area contributed by atoms with E-state index >= 15 is 0 Å². The topological polar surface area (TPSA) is 68.2 Å². The minimum atomic E-state index is 1.11. The Labute approximate surface area is 826 Å². The molecule has 9 nitrogen and oxygen atoms in total. The number of hydrogen-bond acceptors (Lipinski definition) is 3. The number of pyridine rings is 3. The Morgan fingerprint density at radius 2 is 0.347 bits per heavy atom. The van der Waals surface area contributed by atoms with Crippen molar-refractivity contribution in [3.63, 3.8) is 0 Å². The Kier molecular flexibility index (Phi) is 17.2. The maximum atomic E-state index is 4.60. The fourth-order valence-corrected chi connectivity index (χ4v) is 24.9. The number of para-hydroxylation sites is 6. The van der Waals surface area contributed by atoms with Crippen LogP contribution < -0.4 is 0 Å². The third kappa shape index (κ3) is 11.7. The number of fused-ring (bicyclic) bond motifs is 27. The van der Waals surface area contributed by atoms with E-state index in [9.17, 15) is 0 Å². The van der Waals surface area contributed by atoms with Crippen molar-refractivity contribution >= 4 is 163 Å². The van der Waals surface area contributed by atoms with Gasteiger partial charge in [-0.2, -0.15) is 0 Å². The van der Waals surface area contributed by atoms with Gasteiger partial charge in [0.1, 0.15) is 0 Å². The van der Waals surface area contributed by atoms with Crippen LogP contribution in [0.3, 0.4) is 0 Å². The summed E-state index contributed by atoms with van der Waals surface area (Å²) in [7, 11) is 0. The highest BCUT2D eigenvalue weighted by molar-refractivity contribution is 6.24. The molecule has 0 unspecified atom stereocenters. The number of aromatic nitrogens is 9. The lowest BCUT2D eigenvalue weighted by atomic mass is 10.0. The lowest BCUT2D eigenvalue weighted by Gasteiger charge is -2.13. The van der Waals surface area contributed by atoms with Gasteiger partial charge in [-0.05, 0) is 280 Å². The SMILES string of the molecule is c1ccc(-n2c3ccc(-c4ccc5c(c4)c4ccccc4n5-c4ccc5c6c(cccc46)-c4ccccc4-5)cc3c3ccncc32)cc1.c1ccc(-n2c3ccccc3c3cc(-c4ccc5c(c4)c4ccncc4n5-c4ccc5c6c(cccc46)-c4ccccc4-5)ccc32)cc1.c1ccc(-n2c3ccccc3c3cc(-c4ccc5c(c4)c4cnccc4n5-c4ccc5c6c(cccc46)-c4ccccc4-5)ccc32)cc1. The second-order valence-corrected chi connectivity index (χ2v) is 38.4. The molecule has 0 amide bonds. The molecule has 0 aliphatic heterocycles. The van der Waals surface area contributed by atoms with Crippen LogP contribution in [-0.4, -0.2) is 42.4 Å². The zero-order valence-corrected chi connectivity index (χ0v) is 77.8. The van der Waals surface area contributed by atoms with Gasteiger partial charge in [0.2, 0.25) is 0 Å². The van der Waals surface area contributed by atoms with E-state index in [-0.39, 0.29) is 0 Å². The Bertz CT molecular complexity index is 9710. The zero-order chi connectivity index (χ0) is 94.0. The molecular formula is C135H81N9. The highest BCUT2D eigenvalue weighted by Crippen LogP contribution is 2.55.